The van der Waals surface area contributed by atoms with Crippen molar-refractivity contribution in [3.05, 3.63) is 60.6 Å². The minimum absolute atomic E-state index is 0.194. The Morgan fingerprint density at radius 2 is 1.73 bits per heavy atom. The number of hydrogen-bond donors (Lipinski definition) is 0. The highest BCUT2D eigenvalue weighted by Crippen LogP contribution is 2.23. The van der Waals surface area contributed by atoms with Crippen molar-refractivity contribution in [1.29, 1.82) is 0 Å². The molecule has 1 saturated heterocycles. The van der Waals surface area contributed by atoms with Crippen molar-refractivity contribution in [1.82, 2.24) is 19.9 Å². The van der Waals surface area contributed by atoms with Crippen LogP contribution in [0.1, 0.15) is 18.5 Å². The summed E-state index contributed by atoms with van der Waals surface area (Å²) in [6.45, 7) is 3.79. The number of ether oxygens (including phenoxy) is 1. The molecular formula is C20H21N5O. The highest BCUT2D eigenvalue weighted by Gasteiger charge is 2.22. The maximum Gasteiger partial charge on any atom is 0.213 e. The average Bonchev–Trinajstić information content (AvgIpc) is 2.70. The third kappa shape index (κ3) is 3.79. The third-order valence-electron chi connectivity index (χ3n) is 4.43. The molecule has 1 aliphatic heterocycles. The number of pyridine rings is 2. The lowest BCUT2D eigenvalue weighted by molar-refractivity contribution is 0.164. The summed E-state index contributed by atoms with van der Waals surface area (Å²) < 4.78 is 5.98. The molecule has 6 heteroatoms. The minimum Gasteiger partial charge on any atom is -0.474 e. The number of piperidine rings is 1. The van der Waals surface area contributed by atoms with E-state index in [2.05, 4.69) is 19.9 Å². The summed E-state index contributed by atoms with van der Waals surface area (Å²) in [7, 11) is 0. The van der Waals surface area contributed by atoms with Crippen LogP contribution in [0.25, 0.3) is 11.5 Å². The number of aromatic nitrogens is 4. The van der Waals surface area contributed by atoms with Gasteiger partial charge in [-0.05, 0) is 25.1 Å². The van der Waals surface area contributed by atoms with Gasteiger partial charge in [0, 0.05) is 56.2 Å². The van der Waals surface area contributed by atoms with E-state index in [1.807, 2.05) is 49.4 Å². The number of hydrogen-bond acceptors (Lipinski definition) is 6. The Bertz CT molecular complexity index is 849. The van der Waals surface area contributed by atoms with Crippen LogP contribution < -0.4 is 9.64 Å². The fourth-order valence-corrected chi connectivity index (χ4v) is 3.11. The molecule has 4 heterocycles. The van der Waals surface area contributed by atoms with Crippen molar-refractivity contribution in [2.75, 3.05) is 18.0 Å². The maximum atomic E-state index is 5.98. The van der Waals surface area contributed by atoms with E-state index in [9.17, 15) is 0 Å². The molecule has 0 saturated carbocycles. The Kier molecular flexibility index (Phi) is 4.73. The molecule has 1 aliphatic rings. The van der Waals surface area contributed by atoms with Crippen LogP contribution >= 0.6 is 0 Å². The van der Waals surface area contributed by atoms with Crippen molar-refractivity contribution in [2.24, 2.45) is 0 Å². The summed E-state index contributed by atoms with van der Waals surface area (Å²) in [5.41, 5.74) is 1.74. The van der Waals surface area contributed by atoms with Crippen molar-refractivity contribution < 1.29 is 4.74 Å². The van der Waals surface area contributed by atoms with Gasteiger partial charge in [-0.25, -0.2) is 15.0 Å². The predicted octanol–water partition coefficient (Wildman–Crippen LogP) is 3.29. The van der Waals surface area contributed by atoms with E-state index < -0.39 is 0 Å². The molecular weight excluding hydrogens is 326 g/mol. The van der Waals surface area contributed by atoms with E-state index in [1.54, 1.807) is 12.4 Å². The topological polar surface area (TPSA) is 64.0 Å². The van der Waals surface area contributed by atoms with Gasteiger partial charge in [0.1, 0.15) is 17.6 Å². The molecule has 26 heavy (non-hydrogen) atoms. The Balaban J connectivity index is 1.45. The van der Waals surface area contributed by atoms with Crippen LogP contribution in [0.15, 0.2) is 54.9 Å². The molecule has 0 atom stereocenters. The lowest BCUT2D eigenvalue weighted by Crippen LogP contribution is -2.39. The van der Waals surface area contributed by atoms with Crippen LogP contribution in [-0.2, 0) is 0 Å². The maximum absolute atomic E-state index is 5.98. The summed E-state index contributed by atoms with van der Waals surface area (Å²) in [6.07, 6.45) is 5.60. The molecule has 0 aliphatic carbocycles. The number of nitrogens with zero attached hydrogens (tertiary/aromatic N) is 5. The standard InChI is InChI=1S/C20H21N5O/c1-15-14-18(24-20(23-15)17-6-2-4-10-21-17)25-12-8-16(9-13-25)26-19-7-3-5-11-22-19/h2-7,10-11,14,16H,8-9,12-13H2,1H3. The lowest BCUT2D eigenvalue weighted by Gasteiger charge is -2.32. The highest BCUT2D eigenvalue weighted by atomic mass is 16.5. The van der Waals surface area contributed by atoms with Gasteiger partial charge in [0.15, 0.2) is 5.82 Å². The van der Waals surface area contributed by atoms with Gasteiger partial charge in [0.05, 0.1) is 0 Å². The van der Waals surface area contributed by atoms with Gasteiger partial charge in [-0.15, -0.1) is 0 Å². The predicted molar refractivity (Wildman–Crippen MR) is 100 cm³/mol. The molecule has 0 bridgehead atoms. The van der Waals surface area contributed by atoms with Crippen LogP contribution in [0, 0.1) is 6.92 Å². The van der Waals surface area contributed by atoms with Crippen LogP contribution in [0.5, 0.6) is 5.88 Å². The first-order valence-electron chi connectivity index (χ1n) is 8.88. The third-order valence-corrected chi connectivity index (χ3v) is 4.43. The summed E-state index contributed by atoms with van der Waals surface area (Å²) in [5, 5.41) is 0. The normalized spacial score (nSPS) is 15.0. The molecule has 1 fully saturated rings. The Morgan fingerprint density at radius 1 is 0.962 bits per heavy atom. The second-order valence-corrected chi connectivity index (χ2v) is 6.38. The first-order chi connectivity index (χ1) is 12.8. The molecule has 0 radical (unpaired) electrons. The van der Waals surface area contributed by atoms with Crippen LogP contribution in [-0.4, -0.2) is 39.1 Å². The smallest absolute Gasteiger partial charge is 0.213 e. The first kappa shape index (κ1) is 16.4. The van der Waals surface area contributed by atoms with E-state index in [-0.39, 0.29) is 6.10 Å². The van der Waals surface area contributed by atoms with Gasteiger partial charge in [-0.3, -0.25) is 4.98 Å². The monoisotopic (exact) mass is 347 g/mol. The molecule has 4 rings (SSSR count). The number of anilines is 1. The molecule has 0 amide bonds. The number of aryl methyl sites for hydroxylation is 1. The molecule has 0 spiro atoms. The zero-order chi connectivity index (χ0) is 17.8. The SMILES string of the molecule is Cc1cc(N2CCC(Oc3ccccn3)CC2)nc(-c2ccccn2)n1. The Hall–Kier alpha value is -3.02. The van der Waals surface area contributed by atoms with Gasteiger partial charge in [0.25, 0.3) is 0 Å². The molecule has 3 aromatic rings. The number of rotatable bonds is 4. The fraction of sp³-hybridized carbons (Fsp3) is 0.300. The van der Waals surface area contributed by atoms with Crippen LogP contribution in [0.3, 0.4) is 0 Å². The van der Waals surface area contributed by atoms with Crippen molar-refractivity contribution in [3.63, 3.8) is 0 Å². The quantitative estimate of drug-likeness (QED) is 0.722. The van der Waals surface area contributed by atoms with Gasteiger partial charge in [-0.2, -0.15) is 0 Å². The molecule has 0 aromatic carbocycles. The summed E-state index contributed by atoms with van der Waals surface area (Å²) >= 11 is 0. The van der Waals surface area contributed by atoms with Crippen molar-refractivity contribution in [2.45, 2.75) is 25.9 Å². The Morgan fingerprint density at radius 3 is 2.42 bits per heavy atom. The average molecular weight is 347 g/mol. The molecule has 0 unspecified atom stereocenters. The van der Waals surface area contributed by atoms with Crippen molar-refractivity contribution >= 4 is 5.82 Å². The minimum atomic E-state index is 0.194. The van der Waals surface area contributed by atoms with E-state index in [1.165, 1.54) is 0 Å². The van der Waals surface area contributed by atoms with E-state index >= 15 is 0 Å². The first-order valence-corrected chi connectivity index (χ1v) is 8.88. The van der Waals surface area contributed by atoms with Gasteiger partial charge in [-0.1, -0.05) is 12.1 Å². The zero-order valence-corrected chi connectivity index (χ0v) is 14.7. The Labute approximate surface area is 152 Å². The van der Waals surface area contributed by atoms with E-state index in [0.717, 1.165) is 43.1 Å². The van der Waals surface area contributed by atoms with E-state index in [0.29, 0.717) is 11.7 Å². The highest BCUT2D eigenvalue weighted by molar-refractivity contribution is 5.53. The molecule has 3 aromatic heterocycles. The molecule has 6 nitrogen and oxygen atoms in total. The lowest BCUT2D eigenvalue weighted by atomic mass is 10.1. The van der Waals surface area contributed by atoms with Gasteiger partial charge in [0.2, 0.25) is 5.88 Å². The second kappa shape index (κ2) is 7.47. The summed E-state index contributed by atoms with van der Waals surface area (Å²) in [5.74, 6) is 2.32. The van der Waals surface area contributed by atoms with Crippen molar-refractivity contribution in [3.8, 4) is 17.4 Å². The van der Waals surface area contributed by atoms with E-state index in [4.69, 9.17) is 9.72 Å². The zero-order valence-electron chi connectivity index (χ0n) is 14.7. The van der Waals surface area contributed by atoms with Crippen LogP contribution in [0.4, 0.5) is 5.82 Å². The largest absolute Gasteiger partial charge is 0.474 e. The fourth-order valence-electron chi connectivity index (χ4n) is 3.11. The van der Waals surface area contributed by atoms with Gasteiger partial charge < -0.3 is 9.64 Å². The second-order valence-electron chi connectivity index (χ2n) is 6.38. The van der Waals surface area contributed by atoms with Crippen LogP contribution in [0.2, 0.25) is 0 Å². The van der Waals surface area contributed by atoms with Gasteiger partial charge >= 0.3 is 0 Å². The summed E-state index contributed by atoms with van der Waals surface area (Å²) in [6, 6.07) is 13.6. The molecule has 0 N–H and O–H groups in total. The summed E-state index contributed by atoms with van der Waals surface area (Å²) in [4.78, 5) is 20.2. The molecule has 132 valence electrons.